The first-order chi connectivity index (χ1) is 11.1. The summed E-state index contributed by atoms with van der Waals surface area (Å²) < 4.78 is 0. The number of rotatable bonds is 2. The molecule has 2 aromatic carbocycles. The SMILES string of the molecule is Cc1cc(NC(=O)c2ccc3c(c2)C(=O)c2ccccc2-3)n[nH]1. The Balaban J connectivity index is 1.69. The quantitative estimate of drug-likeness (QED) is 0.597. The maximum atomic E-state index is 12.5. The van der Waals surface area contributed by atoms with E-state index in [1.54, 1.807) is 18.2 Å². The molecule has 4 rings (SSSR count). The van der Waals surface area contributed by atoms with Crippen LogP contribution in [0.25, 0.3) is 11.1 Å². The van der Waals surface area contributed by atoms with Gasteiger partial charge < -0.3 is 5.32 Å². The van der Waals surface area contributed by atoms with E-state index in [0.29, 0.717) is 22.5 Å². The Kier molecular flexibility index (Phi) is 2.87. The molecule has 0 bridgehead atoms. The molecule has 5 nitrogen and oxygen atoms in total. The highest BCUT2D eigenvalue weighted by molar-refractivity contribution is 6.22. The van der Waals surface area contributed by atoms with Gasteiger partial charge in [0.15, 0.2) is 11.6 Å². The van der Waals surface area contributed by atoms with Crippen molar-refractivity contribution in [3.05, 3.63) is 70.9 Å². The number of nitrogens with zero attached hydrogens (tertiary/aromatic N) is 1. The number of nitrogens with one attached hydrogen (secondary N) is 2. The van der Waals surface area contributed by atoms with Gasteiger partial charge >= 0.3 is 0 Å². The second-order valence-corrected chi connectivity index (χ2v) is 5.53. The molecule has 1 aliphatic rings. The third kappa shape index (κ3) is 2.14. The van der Waals surface area contributed by atoms with Gasteiger partial charge in [-0.2, -0.15) is 5.10 Å². The summed E-state index contributed by atoms with van der Waals surface area (Å²) >= 11 is 0. The lowest BCUT2D eigenvalue weighted by atomic mass is 10.0. The predicted octanol–water partition coefficient (Wildman–Crippen LogP) is 3.18. The third-order valence-corrected chi connectivity index (χ3v) is 3.94. The van der Waals surface area contributed by atoms with Crippen LogP contribution in [0.1, 0.15) is 32.0 Å². The van der Waals surface area contributed by atoms with Gasteiger partial charge in [-0.1, -0.05) is 30.3 Å². The molecular weight excluding hydrogens is 290 g/mol. The monoisotopic (exact) mass is 303 g/mol. The molecule has 2 N–H and O–H groups in total. The summed E-state index contributed by atoms with van der Waals surface area (Å²) in [5.74, 6) is 0.131. The van der Waals surface area contributed by atoms with Gasteiger partial charge in [0, 0.05) is 28.5 Å². The van der Waals surface area contributed by atoms with E-state index in [0.717, 1.165) is 16.8 Å². The van der Waals surface area contributed by atoms with Gasteiger partial charge in [-0.15, -0.1) is 0 Å². The van der Waals surface area contributed by atoms with Crippen LogP contribution in [0.3, 0.4) is 0 Å². The number of ketones is 1. The number of hydrogen-bond acceptors (Lipinski definition) is 3. The largest absolute Gasteiger partial charge is 0.305 e. The van der Waals surface area contributed by atoms with Crippen LogP contribution in [0.2, 0.25) is 0 Å². The molecule has 5 heteroatoms. The van der Waals surface area contributed by atoms with E-state index < -0.39 is 0 Å². The van der Waals surface area contributed by atoms with Gasteiger partial charge in [0.25, 0.3) is 5.91 Å². The summed E-state index contributed by atoms with van der Waals surface area (Å²) in [6.07, 6.45) is 0. The Morgan fingerprint density at radius 2 is 1.74 bits per heavy atom. The molecule has 0 saturated heterocycles. The molecule has 1 aromatic heterocycles. The predicted molar refractivity (Wildman–Crippen MR) is 86.6 cm³/mol. The van der Waals surface area contributed by atoms with E-state index in [1.807, 2.05) is 37.3 Å². The Morgan fingerprint density at radius 3 is 2.48 bits per heavy atom. The van der Waals surface area contributed by atoms with Crippen LogP contribution >= 0.6 is 0 Å². The second kappa shape index (κ2) is 4.91. The van der Waals surface area contributed by atoms with Crippen molar-refractivity contribution in [1.29, 1.82) is 0 Å². The van der Waals surface area contributed by atoms with E-state index in [4.69, 9.17) is 0 Å². The summed E-state index contributed by atoms with van der Waals surface area (Å²) in [5, 5.41) is 9.46. The van der Waals surface area contributed by atoms with Gasteiger partial charge in [0.1, 0.15) is 0 Å². The fraction of sp³-hybridized carbons (Fsp3) is 0.0556. The number of carbonyl (C=O) groups excluding carboxylic acids is 2. The normalized spacial score (nSPS) is 12.0. The lowest BCUT2D eigenvalue weighted by Crippen LogP contribution is -2.12. The number of aromatic nitrogens is 2. The van der Waals surface area contributed by atoms with Crippen molar-refractivity contribution < 1.29 is 9.59 Å². The summed E-state index contributed by atoms with van der Waals surface area (Å²) in [4.78, 5) is 24.8. The van der Waals surface area contributed by atoms with Crippen molar-refractivity contribution in [1.82, 2.24) is 10.2 Å². The fourth-order valence-corrected chi connectivity index (χ4v) is 2.84. The van der Waals surface area contributed by atoms with Crippen LogP contribution in [0, 0.1) is 6.92 Å². The van der Waals surface area contributed by atoms with Crippen molar-refractivity contribution in [3.8, 4) is 11.1 Å². The van der Waals surface area contributed by atoms with Crippen molar-refractivity contribution in [2.24, 2.45) is 0 Å². The molecule has 1 amide bonds. The van der Waals surface area contributed by atoms with Gasteiger partial charge in [-0.05, 0) is 30.2 Å². The Labute approximate surface area is 132 Å². The minimum atomic E-state index is -0.289. The van der Waals surface area contributed by atoms with Crippen LogP contribution in [-0.4, -0.2) is 21.9 Å². The van der Waals surface area contributed by atoms with E-state index >= 15 is 0 Å². The van der Waals surface area contributed by atoms with Gasteiger partial charge in [0.2, 0.25) is 0 Å². The first kappa shape index (κ1) is 13.5. The molecule has 0 radical (unpaired) electrons. The molecule has 23 heavy (non-hydrogen) atoms. The van der Waals surface area contributed by atoms with E-state index in [2.05, 4.69) is 15.5 Å². The van der Waals surface area contributed by atoms with Crippen LogP contribution in [0.5, 0.6) is 0 Å². The molecule has 112 valence electrons. The zero-order chi connectivity index (χ0) is 16.0. The number of hydrogen-bond donors (Lipinski definition) is 2. The van der Waals surface area contributed by atoms with Crippen LogP contribution in [0.4, 0.5) is 5.82 Å². The van der Waals surface area contributed by atoms with Crippen molar-refractivity contribution in [2.75, 3.05) is 5.32 Å². The molecule has 0 aliphatic heterocycles. The highest BCUT2D eigenvalue weighted by Gasteiger charge is 2.27. The third-order valence-electron chi connectivity index (χ3n) is 3.94. The Morgan fingerprint density at radius 1 is 1.00 bits per heavy atom. The first-order valence-electron chi connectivity index (χ1n) is 7.25. The lowest BCUT2D eigenvalue weighted by molar-refractivity contribution is 0.102. The average molecular weight is 303 g/mol. The molecule has 3 aromatic rings. The molecular formula is C18H13N3O2. The van der Waals surface area contributed by atoms with E-state index in [-0.39, 0.29) is 11.7 Å². The molecule has 0 unspecified atom stereocenters. The maximum absolute atomic E-state index is 12.5. The van der Waals surface area contributed by atoms with Gasteiger partial charge in [-0.3, -0.25) is 14.7 Å². The zero-order valence-corrected chi connectivity index (χ0v) is 12.4. The maximum Gasteiger partial charge on any atom is 0.256 e. The van der Waals surface area contributed by atoms with Crippen LogP contribution < -0.4 is 5.32 Å². The van der Waals surface area contributed by atoms with E-state index in [1.165, 1.54) is 0 Å². The standard InChI is InChI=1S/C18H13N3O2/c1-10-8-16(21-20-10)19-18(23)11-6-7-13-12-4-2-3-5-14(12)17(22)15(13)9-11/h2-9H,1H3,(H2,19,20,21,23). The van der Waals surface area contributed by atoms with Gasteiger partial charge in [0.05, 0.1) is 0 Å². The summed E-state index contributed by atoms with van der Waals surface area (Å²) in [5.41, 5.74) is 4.34. The average Bonchev–Trinajstić information content (AvgIpc) is 3.10. The highest BCUT2D eigenvalue weighted by Crippen LogP contribution is 2.36. The fourth-order valence-electron chi connectivity index (χ4n) is 2.84. The number of carbonyl (C=O) groups is 2. The minimum Gasteiger partial charge on any atom is -0.305 e. The summed E-state index contributed by atoms with van der Waals surface area (Å²) in [7, 11) is 0. The molecule has 0 atom stereocenters. The summed E-state index contributed by atoms with van der Waals surface area (Å²) in [6.45, 7) is 1.86. The first-order valence-corrected chi connectivity index (χ1v) is 7.25. The molecule has 0 saturated carbocycles. The second-order valence-electron chi connectivity index (χ2n) is 5.53. The number of aryl methyl sites for hydroxylation is 1. The van der Waals surface area contributed by atoms with Crippen molar-refractivity contribution in [2.45, 2.75) is 6.92 Å². The smallest absolute Gasteiger partial charge is 0.256 e. The number of fused-ring (bicyclic) bond motifs is 3. The number of aromatic amines is 1. The Bertz CT molecular complexity index is 956. The molecule has 1 aliphatic carbocycles. The van der Waals surface area contributed by atoms with Crippen molar-refractivity contribution >= 4 is 17.5 Å². The van der Waals surface area contributed by atoms with Crippen molar-refractivity contribution in [3.63, 3.8) is 0 Å². The topological polar surface area (TPSA) is 74.8 Å². The zero-order valence-electron chi connectivity index (χ0n) is 12.4. The number of anilines is 1. The van der Waals surface area contributed by atoms with E-state index in [9.17, 15) is 9.59 Å². The number of amides is 1. The Hall–Kier alpha value is -3.21. The number of benzene rings is 2. The highest BCUT2D eigenvalue weighted by atomic mass is 16.1. The molecule has 0 spiro atoms. The van der Waals surface area contributed by atoms with Crippen LogP contribution in [-0.2, 0) is 0 Å². The molecule has 1 heterocycles. The van der Waals surface area contributed by atoms with Crippen LogP contribution in [0.15, 0.2) is 48.5 Å². The minimum absolute atomic E-state index is 0.0409. The van der Waals surface area contributed by atoms with Gasteiger partial charge in [-0.25, -0.2) is 0 Å². The number of H-pyrrole nitrogens is 1. The molecule has 0 fully saturated rings. The lowest BCUT2D eigenvalue weighted by Gasteiger charge is -2.04. The summed E-state index contributed by atoms with van der Waals surface area (Å²) in [6, 6.07) is 14.4.